The van der Waals surface area contributed by atoms with E-state index in [1.165, 1.54) is 17.0 Å². The molecule has 0 aliphatic carbocycles. The first-order chi connectivity index (χ1) is 13.6. The van der Waals surface area contributed by atoms with Crippen molar-refractivity contribution in [3.63, 3.8) is 0 Å². The Morgan fingerprint density at radius 1 is 0.893 bits per heavy atom. The summed E-state index contributed by atoms with van der Waals surface area (Å²) in [6.45, 7) is 4.28. The van der Waals surface area contributed by atoms with E-state index in [9.17, 15) is 0 Å². The van der Waals surface area contributed by atoms with Crippen molar-refractivity contribution < 1.29 is 4.74 Å². The molecule has 5 rings (SSSR count). The van der Waals surface area contributed by atoms with Crippen LogP contribution in [0.15, 0.2) is 66.7 Å². The second-order valence-corrected chi connectivity index (χ2v) is 7.41. The molecule has 1 aliphatic heterocycles. The highest BCUT2D eigenvalue weighted by Gasteiger charge is 2.29. The number of para-hydroxylation sites is 1. The van der Waals surface area contributed by atoms with Gasteiger partial charge in [-0.05, 0) is 32.0 Å². The molecular formula is C25H22N2O. The third-order valence-corrected chi connectivity index (χ3v) is 5.73. The maximum absolute atomic E-state index is 6.59. The molecule has 0 amide bonds. The minimum atomic E-state index is -0.174. The molecule has 0 fully saturated rings. The molecule has 3 heterocycles. The maximum atomic E-state index is 6.59. The number of nitrogens with zero attached hydrogens (tertiary/aromatic N) is 2. The van der Waals surface area contributed by atoms with E-state index in [-0.39, 0.29) is 6.10 Å². The lowest BCUT2D eigenvalue weighted by Gasteiger charge is -2.27. The number of hydrogen-bond donors (Lipinski definition) is 0. The third-order valence-electron chi connectivity index (χ3n) is 5.73. The second-order valence-electron chi connectivity index (χ2n) is 7.41. The minimum Gasteiger partial charge on any atom is -0.480 e. The predicted octanol–water partition coefficient (Wildman–Crippen LogP) is 5.81. The van der Waals surface area contributed by atoms with E-state index in [1.54, 1.807) is 0 Å². The van der Waals surface area contributed by atoms with Crippen LogP contribution in [0.25, 0.3) is 22.7 Å². The lowest BCUT2D eigenvalue weighted by Crippen LogP contribution is -2.14. The summed E-state index contributed by atoms with van der Waals surface area (Å²) in [5.74, 6) is 0.863. The van der Waals surface area contributed by atoms with Crippen molar-refractivity contribution in [1.82, 2.24) is 9.55 Å². The number of aryl methyl sites for hydroxylation is 1. The Morgan fingerprint density at radius 3 is 2.39 bits per heavy atom. The summed E-state index contributed by atoms with van der Waals surface area (Å²) >= 11 is 0. The van der Waals surface area contributed by atoms with E-state index < -0.39 is 0 Å². The highest BCUT2D eigenvalue weighted by Crippen LogP contribution is 2.41. The summed E-state index contributed by atoms with van der Waals surface area (Å²) in [4.78, 5) is 4.96. The van der Waals surface area contributed by atoms with Crippen LogP contribution in [0.3, 0.4) is 0 Å². The van der Waals surface area contributed by atoms with Crippen molar-refractivity contribution in [1.29, 1.82) is 0 Å². The molecule has 1 atom stereocenters. The Morgan fingerprint density at radius 2 is 1.64 bits per heavy atom. The number of hydrogen-bond acceptors (Lipinski definition) is 2. The van der Waals surface area contributed by atoms with Crippen LogP contribution in [0.2, 0.25) is 0 Å². The van der Waals surface area contributed by atoms with Crippen molar-refractivity contribution in [2.75, 3.05) is 0 Å². The lowest BCUT2D eigenvalue weighted by atomic mass is 9.95. The quantitative estimate of drug-likeness (QED) is 0.448. The molecule has 0 radical (unpaired) electrons. The van der Waals surface area contributed by atoms with E-state index >= 15 is 0 Å². The number of rotatable bonds is 2. The van der Waals surface area contributed by atoms with Crippen LogP contribution in [0, 0.1) is 13.8 Å². The van der Waals surface area contributed by atoms with Gasteiger partial charge >= 0.3 is 0 Å². The molecule has 0 bridgehead atoms. The van der Waals surface area contributed by atoms with Crippen LogP contribution in [0.5, 0.6) is 0 Å². The first-order valence-electron chi connectivity index (χ1n) is 9.58. The topological polar surface area (TPSA) is 27.1 Å². The first kappa shape index (κ1) is 16.8. The van der Waals surface area contributed by atoms with Gasteiger partial charge in [-0.2, -0.15) is 0 Å². The smallest absolute Gasteiger partial charge is 0.153 e. The Kier molecular flexibility index (Phi) is 3.83. The maximum Gasteiger partial charge on any atom is 0.153 e. The zero-order valence-electron chi connectivity index (χ0n) is 16.3. The van der Waals surface area contributed by atoms with Gasteiger partial charge in [0.1, 0.15) is 5.76 Å². The Hall–Kier alpha value is -3.33. The van der Waals surface area contributed by atoms with Gasteiger partial charge in [-0.3, -0.25) is 0 Å². The monoisotopic (exact) mass is 366 g/mol. The molecule has 3 heteroatoms. The highest BCUT2D eigenvalue weighted by atomic mass is 16.5. The van der Waals surface area contributed by atoms with Crippen LogP contribution in [-0.4, -0.2) is 9.55 Å². The normalized spacial score (nSPS) is 15.8. The molecule has 0 N–H and O–H groups in total. The number of fused-ring (bicyclic) bond motifs is 2. The molecule has 3 nitrogen and oxygen atoms in total. The van der Waals surface area contributed by atoms with Gasteiger partial charge in [0.2, 0.25) is 0 Å². The fourth-order valence-electron chi connectivity index (χ4n) is 3.96. The van der Waals surface area contributed by atoms with Gasteiger partial charge in [-0.25, -0.2) is 4.98 Å². The number of pyridine rings is 1. The lowest BCUT2D eigenvalue weighted by molar-refractivity contribution is 0.204. The molecule has 138 valence electrons. The third kappa shape index (κ3) is 2.63. The van der Waals surface area contributed by atoms with Gasteiger partial charge in [0, 0.05) is 46.6 Å². The summed E-state index contributed by atoms with van der Waals surface area (Å²) in [6, 6.07) is 23.0. The van der Waals surface area contributed by atoms with Crippen molar-refractivity contribution in [3.8, 4) is 0 Å². The summed E-state index contributed by atoms with van der Waals surface area (Å²) in [6.07, 6.45) is 1.89. The van der Waals surface area contributed by atoms with Crippen LogP contribution >= 0.6 is 0 Å². The molecular weight excluding hydrogens is 344 g/mol. The second kappa shape index (κ2) is 6.38. The van der Waals surface area contributed by atoms with Crippen LogP contribution in [0.4, 0.5) is 0 Å². The van der Waals surface area contributed by atoms with Gasteiger partial charge in [0.15, 0.2) is 6.10 Å². The highest BCUT2D eigenvalue weighted by molar-refractivity contribution is 5.86. The van der Waals surface area contributed by atoms with E-state index in [4.69, 9.17) is 9.72 Å². The van der Waals surface area contributed by atoms with Crippen molar-refractivity contribution in [2.24, 2.45) is 7.05 Å². The molecule has 0 spiro atoms. The van der Waals surface area contributed by atoms with Crippen molar-refractivity contribution in [2.45, 2.75) is 20.0 Å². The molecule has 0 saturated carbocycles. The summed E-state index contributed by atoms with van der Waals surface area (Å²) in [7, 11) is 2.10. The SMILES string of the molecule is Cc1cc(C2OC(c3ccccc3)=Cc3nc4ccccc4cc32)c(C)n1C. The molecule has 2 aromatic heterocycles. The number of aromatic nitrogens is 2. The van der Waals surface area contributed by atoms with Gasteiger partial charge < -0.3 is 9.30 Å². The number of benzene rings is 2. The van der Waals surface area contributed by atoms with Gasteiger partial charge in [-0.1, -0.05) is 48.5 Å². The predicted molar refractivity (Wildman–Crippen MR) is 114 cm³/mol. The Labute approximate surface area is 164 Å². The largest absolute Gasteiger partial charge is 0.480 e. The average molecular weight is 366 g/mol. The van der Waals surface area contributed by atoms with E-state index in [2.05, 4.69) is 74.0 Å². The summed E-state index contributed by atoms with van der Waals surface area (Å²) < 4.78 is 8.81. The van der Waals surface area contributed by atoms with Crippen LogP contribution in [0.1, 0.15) is 39.9 Å². The molecule has 28 heavy (non-hydrogen) atoms. The molecule has 1 aliphatic rings. The fourth-order valence-corrected chi connectivity index (χ4v) is 3.96. The Bertz CT molecular complexity index is 1220. The molecule has 0 saturated heterocycles. The van der Waals surface area contributed by atoms with Crippen molar-refractivity contribution >= 4 is 22.7 Å². The van der Waals surface area contributed by atoms with E-state index in [0.29, 0.717) is 0 Å². The van der Waals surface area contributed by atoms with E-state index in [0.717, 1.165) is 33.5 Å². The number of ether oxygens (including phenoxy) is 1. The van der Waals surface area contributed by atoms with Crippen LogP contribution in [-0.2, 0) is 11.8 Å². The zero-order valence-corrected chi connectivity index (χ0v) is 16.3. The average Bonchev–Trinajstić information content (AvgIpc) is 2.99. The minimum absolute atomic E-state index is 0.174. The van der Waals surface area contributed by atoms with E-state index in [1.807, 2.05) is 24.3 Å². The summed E-state index contributed by atoms with van der Waals surface area (Å²) in [5.41, 5.74) is 7.81. The Balaban J connectivity index is 1.75. The van der Waals surface area contributed by atoms with Crippen LogP contribution < -0.4 is 0 Å². The molecule has 4 aromatic rings. The van der Waals surface area contributed by atoms with Gasteiger partial charge in [0.25, 0.3) is 0 Å². The van der Waals surface area contributed by atoms with Gasteiger partial charge in [0.05, 0.1) is 11.2 Å². The molecule has 2 aromatic carbocycles. The fraction of sp³-hybridized carbons (Fsp3) is 0.160. The molecule has 1 unspecified atom stereocenters. The standard InChI is InChI=1S/C25H22N2O/c1-16-13-20(17(2)27(16)3)25-21-14-19-11-7-8-12-22(19)26-23(21)15-24(28-25)18-9-5-4-6-10-18/h4-15,25H,1-3H3. The summed E-state index contributed by atoms with van der Waals surface area (Å²) in [5, 5.41) is 1.14. The van der Waals surface area contributed by atoms with Crippen molar-refractivity contribution in [3.05, 3.63) is 101 Å². The zero-order chi connectivity index (χ0) is 19.3. The first-order valence-corrected chi connectivity index (χ1v) is 9.58. The van der Waals surface area contributed by atoms with Gasteiger partial charge in [-0.15, -0.1) is 0 Å².